The lowest BCUT2D eigenvalue weighted by Crippen LogP contribution is -2.03. The Balaban J connectivity index is 3.88. The van der Waals surface area contributed by atoms with Gasteiger partial charge < -0.3 is 14.2 Å². The zero-order valence-corrected chi connectivity index (χ0v) is 8.04. The van der Waals surface area contributed by atoms with Gasteiger partial charge in [0.05, 0.1) is 13.7 Å². The number of carbonyl (C=O) groups is 1. The van der Waals surface area contributed by atoms with Gasteiger partial charge in [-0.1, -0.05) is 13.3 Å². The first kappa shape index (κ1) is 11.6. The van der Waals surface area contributed by atoms with E-state index in [1.54, 1.807) is 0 Å². The summed E-state index contributed by atoms with van der Waals surface area (Å²) >= 11 is 0. The molecule has 0 aliphatic carbocycles. The van der Waals surface area contributed by atoms with Gasteiger partial charge in [-0.2, -0.15) is 0 Å². The number of unbranched alkanes of at least 4 members (excludes halogenated alkanes) is 1. The van der Waals surface area contributed by atoms with Gasteiger partial charge in [-0.3, -0.25) is 0 Å². The molecule has 0 spiro atoms. The monoisotopic (exact) mass is 196 g/mol. The van der Waals surface area contributed by atoms with Crippen LogP contribution in [0.4, 0.5) is 4.79 Å². The van der Waals surface area contributed by atoms with E-state index in [0.717, 1.165) is 13.5 Å². The zero-order valence-electron chi connectivity index (χ0n) is 7.15. The first-order chi connectivity index (χ1) is 5.54. The van der Waals surface area contributed by atoms with Crippen LogP contribution >= 0.6 is 7.60 Å². The molecule has 5 nitrogen and oxygen atoms in total. The van der Waals surface area contributed by atoms with Crippen molar-refractivity contribution >= 4 is 13.3 Å². The van der Waals surface area contributed by atoms with Crippen LogP contribution in [0, 0.1) is 0 Å². The van der Waals surface area contributed by atoms with Crippen molar-refractivity contribution in [1.29, 1.82) is 0 Å². The molecule has 0 saturated carbocycles. The van der Waals surface area contributed by atoms with Crippen LogP contribution in [-0.2, 0) is 13.8 Å². The second kappa shape index (κ2) is 5.30. The molecule has 0 aliphatic heterocycles. The first-order valence-corrected chi connectivity index (χ1v) is 5.18. The summed E-state index contributed by atoms with van der Waals surface area (Å²) < 4.78 is 19.4. The molecule has 0 heterocycles. The number of hydrogen-bond acceptors (Lipinski definition) is 4. The van der Waals surface area contributed by atoms with Crippen molar-refractivity contribution in [3.05, 3.63) is 0 Å². The van der Waals surface area contributed by atoms with Gasteiger partial charge in [0.25, 0.3) is 0 Å². The molecule has 12 heavy (non-hydrogen) atoms. The average molecular weight is 196 g/mol. The maximum absolute atomic E-state index is 10.9. The minimum absolute atomic E-state index is 0.0966. The van der Waals surface area contributed by atoms with Crippen molar-refractivity contribution in [3.63, 3.8) is 0 Å². The molecule has 0 amide bonds. The minimum Gasteiger partial charge on any atom is -0.460 e. The molecule has 1 unspecified atom stereocenters. The van der Waals surface area contributed by atoms with Crippen LogP contribution in [0.3, 0.4) is 0 Å². The molecule has 6 heteroatoms. The zero-order chi connectivity index (χ0) is 9.61. The van der Waals surface area contributed by atoms with E-state index in [2.05, 4.69) is 9.26 Å². The number of rotatable bonds is 5. The van der Waals surface area contributed by atoms with Gasteiger partial charge in [0.1, 0.15) is 0 Å². The highest BCUT2D eigenvalue weighted by Crippen LogP contribution is 2.43. The summed E-state index contributed by atoms with van der Waals surface area (Å²) in [6.07, 6.45) is 1.47. The number of hydrogen-bond donors (Lipinski definition) is 1. The van der Waals surface area contributed by atoms with Crippen LogP contribution in [0.2, 0.25) is 0 Å². The fourth-order valence-corrected chi connectivity index (χ4v) is 1.21. The molecule has 0 rings (SSSR count). The van der Waals surface area contributed by atoms with Gasteiger partial charge >= 0.3 is 13.3 Å². The van der Waals surface area contributed by atoms with Crippen molar-refractivity contribution in [1.82, 2.24) is 0 Å². The van der Waals surface area contributed by atoms with Gasteiger partial charge in [-0.15, -0.1) is 0 Å². The molecule has 0 aromatic carbocycles. The maximum Gasteiger partial charge on any atom is 0.435 e. The molecule has 1 N–H and O–H groups in total. The van der Waals surface area contributed by atoms with Gasteiger partial charge in [0.2, 0.25) is 0 Å². The third kappa shape index (κ3) is 3.85. The molecule has 0 aromatic heterocycles. The van der Waals surface area contributed by atoms with Crippen molar-refractivity contribution in [2.24, 2.45) is 0 Å². The van der Waals surface area contributed by atoms with Crippen molar-refractivity contribution < 1.29 is 23.5 Å². The Kier molecular flexibility index (Phi) is 5.13. The average Bonchev–Trinajstić information content (AvgIpc) is 2.03. The van der Waals surface area contributed by atoms with Crippen LogP contribution in [0.5, 0.6) is 0 Å². The number of carbonyl (C=O) groups excluding carboxylic acids is 1. The van der Waals surface area contributed by atoms with Crippen LogP contribution in [0.15, 0.2) is 0 Å². The molecule has 0 saturated heterocycles. The predicted molar refractivity (Wildman–Crippen MR) is 43.1 cm³/mol. The second-order valence-electron chi connectivity index (χ2n) is 2.18. The van der Waals surface area contributed by atoms with Crippen molar-refractivity contribution in [3.8, 4) is 0 Å². The molecule has 72 valence electrons. The lowest BCUT2D eigenvalue weighted by Gasteiger charge is -2.08. The molecule has 0 bridgehead atoms. The Morgan fingerprint density at radius 3 is 2.58 bits per heavy atom. The normalized spacial score (nSPS) is 15.2. The number of ether oxygens (including phenoxy) is 1. The molecule has 0 aromatic rings. The van der Waals surface area contributed by atoms with Gasteiger partial charge in [0, 0.05) is 0 Å². The van der Waals surface area contributed by atoms with E-state index in [0.29, 0.717) is 6.42 Å². The van der Waals surface area contributed by atoms with E-state index in [-0.39, 0.29) is 6.61 Å². The van der Waals surface area contributed by atoms with Gasteiger partial charge in [-0.05, 0) is 6.42 Å². The Morgan fingerprint density at radius 1 is 1.58 bits per heavy atom. The van der Waals surface area contributed by atoms with Crippen LogP contribution in [0.25, 0.3) is 0 Å². The van der Waals surface area contributed by atoms with E-state index in [1.807, 2.05) is 6.92 Å². The molecular formula is C6H13O5P. The lowest BCUT2D eigenvalue weighted by molar-refractivity contribution is 0.177. The van der Waals surface area contributed by atoms with E-state index in [4.69, 9.17) is 4.89 Å². The Hall–Kier alpha value is -0.380. The summed E-state index contributed by atoms with van der Waals surface area (Å²) in [7, 11) is -3.14. The Bertz CT molecular complexity index is 190. The molecule has 0 radical (unpaired) electrons. The largest absolute Gasteiger partial charge is 0.460 e. The van der Waals surface area contributed by atoms with Gasteiger partial charge in [0.15, 0.2) is 0 Å². The lowest BCUT2D eigenvalue weighted by atomic mass is 10.4. The molecule has 0 fully saturated rings. The fourth-order valence-electron chi connectivity index (χ4n) is 0.501. The van der Waals surface area contributed by atoms with E-state index < -0.39 is 13.3 Å². The second-order valence-corrected chi connectivity index (χ2v) is 3.84. The van der Waals surface area contributed by atoms with Crippen LogP contribution < -0.4 is 0 Å². The smallest absolute Gasteiger partial charge is 0.435 e. The quantitative estimate of drug-likeness (QED) is 0.535. The third-order valence-electron chi connectivity index (χ3n) is 1.17. The summed E-state index contributed by atoms with van der Waals surface area (Å²) in [5, 5.41) is 0. The fraction of sp³-hybridized carbons (Fsp3) is 0.833. The van der Waals surface area contributed by atoms with Crippen LogP contribution in [-0.4, -0.2) is 24.3 Å². The molecule has 1 atom stereocenters. The predicted octanol–water partition coefficient (Wildman–Crippen LogP) is 1.75. The molecular weight excluding hydrogens is 183 g/mol. The van der Waals surface area contributed by atoms with Crippen LogP contribution in [0.1, 0.15) is 19.8 Å². The minimum atomic E-state index is -4.17. The molecule has 0 aliphatic rings. The summed E-state index contributed by atoms with van der Waals surface area (Å²) in [4.78, 5) is 19.4. The maximum atomic E-state index is 10.9. The summed E-state index contributed by atoms with van der Waals surface area (Å²) in [5.74, 6) is 0. The topological polar surface area (TPSA) is 72.8 Å². The summed E-state index contributed by atoms with van der Waals surface area (Å²) in [6.45, 7) is 2.00. The van der Waals surface area contributed by atoms with E-state index >= 15 is 0 Å². The van der Waals surface area contributed by atoms with E-state index in [9.17, 15) is 9.36 Å². The number of methoxy groups -OCH3 is 1. The van der Waals surface area contributed by atoms with Crippen molar-refractivity contribution in [2.75, 3.05) is 13.7 Å². The highest BCUT2D eigenvalue weighted by atomic mass is 31.2. The first-order valence-electron chi connectivity index (χ1n) is 3.60. The van der Waals surface area contributed by atoms with Gasteiger partial charge in [-0.25, -0.2) is 9.36 Å². The summed E-state index contributed by atoms with van der Waals surface area (Å²) in [6, 6.07) is 0. The van der Waals surface area contributed by atoms with Crippen molar-refractivity contribution in [2.45, 2.75) is 19.8 Å². The Labute approximate surface area is 71.2 Å². The highest BCUT2D eigenvalue weighted by molar-refractivity contribution is 7.70. The third-order valence-corrected chi connectivity index (χ3v) is 2.35. The van der Waals surface area contributed by atoms with E-state index in [1.165, 1.54) is 0 Å². The standard InChI is InChI=1S/C6H13O5P/c1-3-4-5-11-12(8,9)6(7)10-2/h3-5H2,1-2H3,(H,8,9). The summed E-state index contributed by atoms with van der Waals surface area (Å²) in [5.41, 5.74) is -1.21. The highest BCUT2D eigenvalue weighted by Gasteiger charge is 2.31. The Morgan fingerprint density at radius 2 is 2.17 bits per heavy atom. The SMILES string of the molecule is CCCCOP(=O)(O)C(=O)OC.